The maximum Gasteiger partial charge on any atom is 0.208 e. The van der Waals surface area contributed by atoms with Crippen LogP contribution < -0.4 is 11.3 Å². The molecule has 1 aliphatic rings. The van der Waals surface area contributed by atoms with Gasteiger partial charge in [-0.1, -0.05) is 0 Å². The van der Waals surface area contributed by atoms with Crippen LogP contribution in [0.25, 0.3) is 0 Å². The van der Waals surface area contributed by atoms with Crippen molar-refractivity contribution in [2.24, 2.45) is 10.8 Å². The number of nitrogens with zero attached hydrogens (tertiary/aromatic N) is 2. The summed E-state index contributed by atoms with van der Waals surface area (Å²) in [5.74, 6) is 6.21. The van der Waals surface area contributed by atoms with E-state index in [1.165, 1.54) is 0 Å². The minimum absolute atomic E-state index is 0.302. The van der Waals surface area contributed by atoms with E-state index >= 15 is 0 Å². The zero-order valence-corrected chi connectivity index (χ0v) is 10.8. The van der Waals surface area contributed by atoms with Gasteiger partial charge in [0.05, 0.1) is 19.3 Å². The summed E-state index contributed by atoms with van der Waals surface area (Å²) in [6.07, 6.45) is 2.57. The number of hydrogen-bond donors (Lipinski definition) is 2. The van der Waals surface area contributed by atoms with E-state index in [4.69, 9.17) is 15.3 Å². The lowest BCUT2D eigenvalue weighted by Gasteiger charge is -2.26. The van der Waals surface area contributed by atoms with Gasteiger partial charge in [-0.2, -0.15) is 0 Å². The SMILES string of the molecule is CCN(CC1CCCO1)C(=NCCOC)NN. The summed E-state index contributed by atoms with van der Waals surface area (Å²) < 4.78 is 10.6. The standard InChI is InChI=1S/C11H24N4O2/c1-3-15(9-10-5-4-7-17-10)11(14-12)13-6-8-16-2/h10H,3-9,12H2,1-2H3,(H,13,14). The van der Waals surface area contributed by atoms with Crippen LogP contribution in [0.5, 0.6) is 0 Å². The lowest BCUT2D eigenvalue weighted by molar-refractivity contribution is 0.0914. The van der Waals surface area contributed by atoms with Gasteiger partial charge in [0.2, 0.25) is 5.96 Å². The third kappa shape index (κ3) is 4.89. The number of aliphatic imine (C=N–C) groups is 1. The van der Waals surface area contributed by atoms with Crippen LogP contribution in [0, 0.1) is 0 Å². The molecular weight excluding hydrogens is 220 g/mol. The molecule has 0 aromatic heterocycles. The van der Waals surface area contributed by atoms with Crippen LogP contribution in [0.3, 0.4) is 0 Å². The normalized spacial score (nSPS) is 20.6. The van der Waals surface area contributed by atoms with Gasteiger partial charge in [-0.15, -0.1) is 0 Å². The van der Waals surface area contributed by atoms with Gasteiger partial charge >= 0.3 is 0 Å². The summed E-state index contributed by atoms with van der Waals surface area (Å²) in [5.41, 5.74) is 2.65. The second-order valence-corrected chi connectivity index (χ2v) is 4.02. The fraction of sp³-hybridized carbons (Fsp3) is 0.909. The number of hydrazine groups is 1. The predicted molar refractivity (Wildman–Crippen MR) is 67.7 cm³/mol. The summed E-state index contributed by atoms with van der Waals surface area (Å²) in [5, 5.41) is 0. The Labute approximate surface area is 103 Å². The monoisotopic (exact) mass is 244 g/mol. The van der Waals surface area contributed by atoms with Crippen LogP contribution in [0.2, 0.25) is 0 Å². The first-order chi connectivity index (χ1) is 8.31. The predicted octanol–water partition coefficient (Wildman–Crippen LogP) is -0.0470. The first-order valence-electron chi connectivity index (χ1n) is 6.18. The van der Waals surface area contributed by atoms with Crippen molar-refractivity contribution >= 4 is 5.96 Å². The molecule has 3 N–H and O–H groups in total. The molecule has 1 atom stereocenters. The topological polar surface area (TPSA) is 72.1 Å². The summed E-state index contributed by atoms with van der Waals surface area (Å²) >= 11 is 0. The Morgan fingerprint density at radius 3 is 3.00 bits per heavy atom. The van der Waals surface area contributed by atoms with Gasteiger partial charge in [0.1, 0.15) is 0 Å². The third-order valence-corrected chi connectivity index (χ3v) is 2.82. The van der Waals surface area contributed by atoms with Crippen molar-refractivity contribution in [1.82, 2.24) is 10.3 Å². The van der Waals surface area contributed by atoms with E-state index < -0.39 is 0 Å². The van der Waals surface area contributed by atoms with E-state index in [0.717, 1.165) is 32.5 Å². The average Bonchev–Trinajstić information content (AvgIpc) is 2.85. The molecule has 0 aromatic rings. The highest BCUT2D eigenvalue weighted by Crippen LogP contribution is 2.13. The van der Waals surface area contributed by atoms with Crippen molar-refractivity contribution < 1.29 is 9.47 Å². The number of nitrogens with two attached hydrogens (primary N) is 1. The molecule has 0 bridgehead atoms. The molecule has 1 aliphatic heterocycles. The molecule has 0 radical (unpaired) electrons. The highest BCUT2D eigenvalue weighted by Gasteiger charge is 2.20. The van der Waals surface area contributed by atoms with Crippen molar-refractivity contribution in [1.29, 1.82) is 0 Å². The fourth-order valence-electron chi connectivity index (χ4n) is 1.88. The van der Waals surface area contributed by atoms with Crippen LogP contribution >= 0.6 is 0 Å². The zero-order valence-electron chi connectivity index (χ0n) is 10.8. The smallest absolute Gasteiger partial charge is 0.208 e. The minimum Gasteiger partial charge on any atom is -0.383 e. The molecule has 0 amide bonds. The molecule has 0 aromatic carbocycles. The lowest BCUT2D eigenvalue weighted by Crippen LogP contribution is -2.47. The number of methoxy groups -OCH3 is 1. The van der Waals surface area contributed by atoms with E-state index in [-0.39, 0.29) is 0 Å². The Bertz CT molecular complexity index is 230. The maximum absolute atomic E-state index is 5.62. The van der Waals surface area contributed by atoms with Crippen molar-refractivity contribution in [3.05, 3.63) is 0 Å². The Balaban J connectivity index is 2.46. The second kappa shape index (κ2) is 8.27. The molecule has 1 unspecified atom stereocenters. The van der Waals surface area contributed by atoms with Gasteiger partial charge in [-0.25, -0.2) is 10.8 Å². The molecule has 6 nitrogen and oxygen atoms in total. The average molecular weight is 244 g/mol. The molecule has 0 spiro atoms. The molecule has 1 rings (SSSR count). The summed E-state index contributed by atoms with van der Waals surface area (Å²) in [6, 6.07) is 0. The molecule has 6 heteroatoms. The van der Waals surface area contributed by atoms with Crippen LogP contribution in [-0.2, 0) is 9.47 Å². The summed E-state index contributed by atoms with van der Waals surface area (Å²) in [6.45, 7) is 5.86. The first-order valence-corrected chi connectivity index (χ1v) is 6.18. The molecule has 1 heterocycles. The van der Waals surface area contributed by atoms with Crippen LogP contribution in [0.4, 0.5) is 0 Å². The van der Waals surface area contributed by atoms with Crippen LogP contribution in [-0.4, -0.2) is 56.9 Å². The van der Waals surface area contributed by atoms with Crippen LogP contribution in [0.15, 0.2) is 4.99 Å². The molecular formula is C11H24N4O2. The highest BCUT2D eigenvalue weighted by molar-refractivity contribution is 5.79. The van der Waals surface area contributed by atoms with Crippen molar-refractivity contribution in [3.63, 3.8) is 0 Å². The van der Waals surface area contributed by atoms with Gasteiger partial charge in [0, 0.05) is 26.8 Å². The van der Waals surface area contributed by atoms with Gasteiger partial charge in [0.25, 0.3) is 0 Å². The van der Waals surface area contributed by atoms with Crippen molar-refractivity contribution in [3.8, 4) is 0 Å². The molecule has 1 saturated heterocycles. The van der Waals surface area contributed by atoms with Crippen molar-refractivity contribution in [2.45, 2.75) is 25.9 Å². The number of rotatable bonds is 6. The number of likely N-dealkylation sites (N-methyl/N-ethyl adjacent to an activating group) is 1. The largest absolute Gasteiger partial charge is 0.383 e. The van der Waals surface area contributed by atoms with Crippen LogP contribution in [0.1, 0.15) is 19.8 Å². The Morgan fingerprint density at radius 1 is 1.65 bits per heavy atom. The van der Waals surface area contributed by atoms with Crippen molar-refractivity contribution in [2.75, 3.05) is 40.0 Å². The zero-order chi connectivity index (χ0) is 12.5. The summed E-state index contributed by atoms with van der Waals surface area (Å²) in [4.78, 5) is 6.47. The van der Waals surface area contributed by atoms with Gasteiger partial charge < -0.3 is 14.4 Å². The minimum atomic E-state index is 0.302. The van der Waals surface area contributed by atoms with Gasteiger partial charge in [-0.05, 0) is 19.8 Å². The van der Waals surface area contributed by atoms with E-state index in [1.54, 1.807) is 7.11 Å². The highest BCUT2D eigenvalue weighted by atomic mass is 16.5. The quantitative estimate of drug-likeness (QED) is 0.225. The molecule has 0 aliphatic carbocycles. The Morgan fingerprint density at radius 2 is 2.47 bits per heavy atom. The Kier molecular flexibility index (Phi) is 6.91. The van der Waals surface area contributed by atoms with Gasteiger partial charge in [-0.3, -0.25) is 5.43 Å². The van der Waals surface area contributed by atoms with Gasteiger partial charge in [0.15, 0.2) is 0 Å². The maximum atomic E-state index is 5.62. The van der Waals surface area contributed by atoms with E-state index in [2.05, 4.69) is 22.2 Å². The molecule has 17 heavy (non-hydrogen) atoms. The lowest BCUT2D eigenvalue weighted by atomic mass is 10.2. The molecule has 1 fully saturated rings. The summed E-state index contributed by atoms with van der Waals surface area (Å²) in [7, 11) is 1.66. The number of guanidine groups is 1. The number of nitrogens with one attached hydrogen (secondary N) is 1. The molecule has 100 valence electrons. The second-order valence-electron chi connectivity index (χ2n) is 4.02. The first kappa shape index (κ1) is 14.2. The van der Waals surface area contributed by atoms with E-state index in [9.17, 15) is 0 Å². The molecule has 0 saturated carbocycles. The fourth-order valence-corrected chi connectivity index (χ4v) is 1.88. The third-order valence-electron chi connectivity index (χ3n) is 2.82. The number of ether oxygens (including phenoxy) is 2. The Hall–Kier alpha value is -0.850. The number of hydrogen-bond acceptors (Lipinski definition) is 4. The van der Waals surface area contributed by atoms with E-state index in [0.29, 0.717) is 25.2 Å². The van der Waals surface area contributed by atoms with E-state index in [1.807, 2.05) is 0 Å².